The zero-order chi connectivity index (χ0) is 15.3. The molecule has 0 radical (unpaired) electrons. The van der Waals surface area contributed by atoms with Crippen LogP contribution >= 0.6 is 0 Å². The summed E-state index contributed by atoms with van der Waals surface area (Å²) in [4.78, 5) is 0. The first-order chi connectivity index (χ1) is 10.1. The van der Waals surface area contributed by atoms with Gasteiger partial charge in [0.2, 0.25) is 0 Å². The van der Waals surface area contributed by atoms with Gasteiger partial charge in [0.25, 0.3) is 0 Å². The summed E-state index contributed by atoms with van der Waals surface area (Å²) < 4.78 is 30.4. The van der Waals surface area contributed by atoms with E-state index in [1.54, 1.807) is 0 Å². The molecule has 1 aromatic rings. The van der Waals surface area contributed by atoms with E-state index in [1.807, 2.05) is 38.2 Å². The van der Waals surface area contributed by atoms with E-state index in [0.29, 0.717) is 6.61 Å². The lowest BCUT2D eigenvalue weighted by atomic mass is 10.1. The Kier molecular flexibility index (Phi) is 5.65. The Labute approximate surface area is 127 Å². The number of hydrogen-bond donors (Lipinski definition) is 1. The van der Waals surface area contributed by atoms with Gasteiger partial charge in [-0.1, -0.05) is 25.0 Å². The van der Waals surface area contributed by atoms with Gasteiger partial charge in [-0.2, -0.15) is 0 Å². The van der Waals surface area contributed by atoms with Crippen LogP contribution in [0.1, 0.15) is 44.2 Å². The molecule has 0 saturated heterocycles. The summed E-state index contributed by atoms with van der Waals surface area (Å²) in [6.07, 6.45) is 3.72. The first-order valence-electron chi connectivity index (χ1n) is 7.68. The SMILES string of the molecule is CCOc1ccc(C(CS(=O)(=O)C2CCCC2)NC)cc1. The maximum Gasteiger partial charge on any atom is 0.155 e. The van der Waals surface area contributed by atoms with E-state index >= 15 is 0 Å². The van der Waals surface area contributed by atoms with Crippen molar-refractivity contribution in [2.24, 2.45) is 0 Å². The third-order valence-electron chi connectivity index (χ3n) is 4.15. The highest BCUT2D eigenvalue weighted by Gasteiger charge is 2.31. The molecule has 5 heteroatoms. The molecule has 0 heterocycles. The van der Waals surface area contributed by atoms with Gasteiger partial charge >= 0.3 is 0 Å². The van der Waals surface area contributed by atoms with Crippen molar-refractivity contribution in [3.63, 3.8) is 0 Å². The first-order valence-corrected chi connectivity index (χ1v) is 9.40. The van der Waals surface area contributed by atoms with Gasteiger partial charge in [0.15, 0.2) is 9.84 Å². The van der Waals surface area contributed by atoms with Crippen LogP contribution in [-0.4, -0.2) is 33.1 Å². The predicted molar refractivity (Wildman–Crippen MR) is 85.5 cm³/mol. The summed E-state index contributed by atoms with van der Waals surface area (Å²) in [7, 11) is -1.22. The molecule has 1 unspecified atom stereocenters. The monoisotopic (exact) mass is 311 g/mol. The second-order valence-electron chi connectivity index (χ2n) is 5.58. The maximum absolute atomic E-state index is 12.5. The normalized spacial score (nSPS) is 17.8. The van der Waals surface area contributed by atoms with E-state index in [9.17, 15) is 8.42 Å². The third kappa shape index (κ3) is 4.20. The summed E-state index contributed by atoms with van der Waals surface area (Å²) in [6.45, 7) is 2.57. The average Bonchev–Trinajstić information content (AvgIpc) is 3.01. The molecule has 1 aliphatic carbocycles. The topological polar surface area (TPSA) is 55.4 Å². The number of benzene rings is 1. The van der Waals surface area contributed by atoms with Crippen LogP contribution in [-0.2, 0) is 9.84 Å². The highest BCUT2D eigenvalue weighted by molar-refractivity contribution is 7.92. The molecule has 118 valence electrons. The van der Waals surface area contributed by atoms with Gasteiger partial charge in [-0.25, -0.2) is 8.42 Å². The van der Waals surface area contributed by atoms with Crippen LogP contribution in [0.2, 0.25) is 0 Å². The number of ether oxygens (including phenoxy) is 1. The highest BCUT2D eigenvalue weighted by atomic mass is 32.2. The van der Waals surface area contributed by atoms with Crippen LogP contribution in [0, 0.1) is 0 Å². The molecule has 0 spiro atoms. The quantitative estimate of drug-likeness (QED) is 0.841. The maximum atomic E-state index is 12.5. The van der Waals surface area contributed by atoms with E-state index < -0.39 is 9.84 Å². The predicted octanol–water partition coefficient (Wildman–Crippen LogP) is 2.70. The highest BCUT2D eigenvalue weighted by Crippen LogP contribution is 2.28. The molecule has 2 rings (SSSR count). The van der Waals surface area contributed by atoms with Gasteiger partial charge < -0.3 is 10.1 Å². The summed E-state index contributed by atoms with van der Waals surface area (Å²) in [5, 5.41) is 2.99. The van der Waals surface area contributed by atoms with Crippen molar-refractivity contribution in [3.8, 4) is 5.75 Å². The Morgan fingerprint density at radius 1 is 1.24 bits per heavy atom. The fraction of sp³-hybridized carbons (Fsp3) is 0.625. The van der Waals surface area contributed by atoms with E-state index in [1.165, 1.54) is 0 Å². The Hall–Kier alpha value is -1.07. The van der Waals surface area contributed by atoms with E-state index in [4.69, 9.17) is 4.74 Å². The van der Waals surface area contributed by atoms with E-state index in [0.717, 1.165) is 37.0 Å². The van der Waals surface area contributed by atoms with E-state index in [-0.39, 0.29) is 17.0 Å². The molecule has 0 amide bonds. The number of hydrogen-bond acceptors (Lipinski definition) is 4. The van der Waals surface area contributed by atoms with Crippen LogP contribution in [0.5, 0.6) is 5.75 Å². The standard InChI is InChI=1S/C16H25NO3S/c1-3-20-14-10-8-13(9-11-14)16(17-2)12-21(18,19)15-6-4-5-7-15/h8-11,15-17H,3-7,12H2,1-2H3. The summed E-state index contributed by atoms with van der Waals surface area (Å²) in [5.41, 5.74) is 0.988. The number of sulfone groups is 1. The molecule has 1 saturated carbocycles. The Bertz CT molecular complexity index is 533. The molecule has 0 aromatic heterocycles. The summed E-state index contributed by atoms with van der Waals surface area (Å²) in [5.74, 6) is 0.983. The van der Waals surface area contributed by atoms with Gasteiger partial charge in [0.1, 0.15) is 5.75 Å². The molecule has 0 aliphatic heterocycles. The van der Waals surface area contributed by atoms with E-state index in [2.05, 4.69) is 5.32 Å². The largest absolute Gasteiger partial charge is 0.494 e. The Morgan fingerprint density at radius 3 is 2.38 bits per heavy atom. The lowest BCUT2D eigenvalue weighted by Gasteiger charge is -2.20. The molecule has 4 nitrogen and oxygen atoms in total. The first kappa shape index (κ1) is 16.3. The van der Waals surface area contributed by atoms with Crippen LogP contribution in [0.15, 0.2) is 24.3 Å². The fourth-order valence-corrected chi connectivity index (χ4v) is 5.07. The Balaban J connectivity index is 2.08. The van der Waals surface area contributed by atoms with Crippen LogP contribution in [0.3, 0.4) is 0 Å². The van der Waals surface area contributed by atoms with Crippen molar-refractivity contribution >= 4 is 9.84 Å². The molecule has 1 N–H and O–H groups in total. The van der Waals surface area contributed by atoms with Crippen LogP contribution < -0.4 is 10.1 Å². The number of rotatable bonds is 7. The van der Waals surface area contributed by atoms with Gasteiger partial charge in [0.05, 0.1) is 17.6 Å². The van der Waals surface area contributed by atoms with Crippen molar-refractivity contribution in [2.75, 3.05) is 19.4 Å². The molecular formula is C16H25NO3S. The molecule has 0 bridgehead atoms. The molecule has 1 atom stereocenters. The zero-order valence-corrected chi connectivity index (χ0v) is 13.7. The van der Waals surface area contributed by atoms with Gasteiger partial charge in [-0.3, -0.25) is 0 Å². The van der Waals surface area contributed by atoms with Crippen molar-refractivity contribution < 1.29 is 13.2 Å². The average molecular weight is 311 g/mol. The third-order valence-corrected chi connectivity index (χ3v) is 6.44. The van der Waals surface area contributed by atoms with Crippen LogP contribution in [0.4, 0.5) is 0 Å². The minimum absolute atomic E-state index is 0.143. The van der Waals surface area contributed by atoms with Gasteiger partial charge in [-0.05, 0) is 44.5 Å². The van der Waals surface area contributed by atoms with Crippen molar-refractivity contribution in [1.29, 1.82) is 0 Å². The van der Waals surface area contributed by atoms with Crippen LogP contribution in [0.25, 0.3) is 0 Å². The van der Waals surface area contributed by atoms with Gasteiger partial charge in [-0.15, -0.1) is 0 Å². The second kappa shape index (κ2) is 7.27. The fourth-order valence-electron chi connectivity index (χ4n) is 2.93. The molecule has 1 aliphatic rings. The van der Waals surface area contributed by atoms with Crippen molar-refractivity contribution in [3.05, 3.63) is 29.8 Å². The van der Waals surface area contributed by atoms with Gasteiger partial charge in [0, 0.05) is 6.04 Å². The summed E-state index contributed by atoms with van der Waals surface area (Å²) >= 11 is 0. The summed E-state index contributed by atoms with van der Waals surface area (Å²) in [6, 6.07) is 7.51. The lowest BCUT2D eigenvalue weighted by Crippen LogP contribution is -2.30. The molecule has 1 fully saturated rings. The Morgan fingerprint density at radius 2 is 1.86 bits per heavy atom. The molecular weight excluding hydrogens is 286 g/mol. The number of nitrogens with one attached hydrogen (secondary N) is 1. The molecule has 21 heavy (non-hydrogen) atoms. The zero-order valence-electron chi connectivity index (χ0n) is 12.8. The minimum Gasteiger partial charge on any atom is -0.494 e. The lowest BCUT2D eigenvalue weighted by molar-refractivity contribution is 0.340. The van der Waals surface area contributed by atoms with Crippen molar-refractivity contribution in [1.82, 2.24) is 5.32 Å². The second-order valence-corrected chi connectivity index (χ2v) is 7.91. The van der Waals surface area contributed by atoms with Crippen molar-refractivity contribution in [2.45, 2.75) is 43.9 Å². The minimum atomic E-state index is -3.03. The molecule has 1 aromatic carbocycles. The smallest absolute Gasteiger partial charge is 0.155 e.